The van der Waals surface area contributed by atoms with Gasteiger partial charge in [-0.05, 0) is 84.5 Å². The van der Waals surface area contributed by atoms with Gasteiger partial charge >= 0.3 is 26.4 Å². The minimum Gasteiger partial charge on any atom is -0.478 e. The summed E-state index contributed by atoms with van der Waals surface area (Å²) < 4.78 is 97.3. The van der Waals surface area contributed by atoms with Gasteiger partial charge in [-0.2, -0.15) is 22.0 Å². The first-order valence-electron chi connectivity index (χ1n) is 12.7. The van der Waals surface area contributed by atoms with Crippen LogP contribution in [0.4, 0.5) is 22.0 Å². The van der Waals surface area contributed by atoms with Gasteiger partial charge in [0, 0.05) is 11.1 Å². The van der Waals surface area contributed by atoms with Crippen molar-refractivity contribution in [3.05, 3.63) is 58.7 Å². The van der Waals surface area contributed by atoms with Crippen LogP contribution in [0.3, 0.4) is 0 Å². The van der Waals surface area contributed by atoms with Crippen LogP contribution in [-0.2, 0) is 30.7 Å². The fraction of sp³-hybridized carbons (Fsp3) is 0.519. The highest BCUT2D eigenvalue weighted by Crippen LogP contribution is 2.42. The van der Waals surface area contributed by atoms with E-state index in [0.29, 0.717) is 12.1 Å². The van der Waals surface area contributed by atoms with Crippen molar-refractivity contribution in [1.82, 2.24) is 0 Å². The van der Waals surface area contributed by atoms with Crippen molar-refractivity contribution >= 4 is 31.1 Å². The fourth-order valence-corrected chi connectivity index (χ4v) is 4.35. The largest absolute Gasteiger partial charge is 0.494 e. The summed E-state index contributed by atoms with van der Waals surface area (Å²) in [4.78, 5) is 11.9. The zero-order valence-electron chi connectivity index (χ0n) is 23.5. The van der Waals surface area contributed by atoms with Gasteiger partial charge in [-0.1, -0.05) is 18.2 Å². The summed E-state index contributed by atoms with van der Waals surface area (Å²) in [5, 5.41) is 9.65. The Kier molecular flexibility index (Phi) is 7.07. The van der Waals surface area contributed by atoms with Crippen LogP contribution in [0.2, 0.25) is 0 Å². The lowest BCUT2D eigenvalue weighted by Crippen LogP contribution is -2.41. The number of aromatic carboxylic acids is 1. The SMILES string of the molecule is CC1(C)OB(c2cc(C(=O)O)cc(C(F)(F)c3cc(B4OC(C)(C)C(C)(C)O4)cc(C(F)(F)F)c3)c2)OC1(C)C. The molecule has 0 amide bonds. The molecule has 4 rings (SSSR count). The summed E-state index contributed by atoms with van der Waals surface area (Å²) in [5.74, 6) is -5.55. The third-order valence-corrected chi connectivity index (χ3v) is 8.26. The smallest absolute Gasteiger partial charge is 0.478 e. The summed E-state index contributed by atoms with van der Waals surface area (Å²) in [6.45, 7) is 13.7. The number of halogens is 5. The van der Waals surface area contributed by atoms with Crippen molar-refractivity contribution in [1.29, 1.82) is 0 Å². The molecule has 40 heavy (non-hydrogen) atoms. The predicted octanol–water partition coefficient (Wildman–Crippen LogP) is 5.14. The number of hydrogen-bond acceptors (Lipinski definition) is 5. The zero-order chi connectivity index (χ0) is 30.3. The van der Waals surface area contributed by atoms with Crippen molar-refractivity contribution in [2.75, 3.05) is 0 Å². The van der Waals surface area contributed by atoms with Crippen molar-refractivity contribution in [3.63, 3.8) is 0 Å². The number of alkyl halides is 5. The van der Waals surface area contributed by atoms with Gasteiger partial charge in [0.2, 0.25) is 0 Å². The first-order chi connectivity index (χ1) is 18.0. The van der Waals surface area contributed by atoms with Crippen LogP contribution in [-0.4, -0.2) is 47.7 Å². The van der Waals surface area contributed by atoms with E-state index in [0.717, 1.165) is 24.3 Å². The molecule has 0 saturated carbocycles. The summed E-state index contributed by atoms with van der Waals surface area (Å²) in [6.07, 6.45) is -4.96. The second-order valence-corrected chi connectivity index (χ2v) is 12.2. The molecule has 2 aromatic rings. The summed E-state index contributed by atoms with van der Waals surface area (Å²) in [6, 6.07) is 4.81. The van der Waals surface area contributed by atoms with Crippen LogP contribution in [0.15, 0.2) is 36.4 Å². The highest BCUT2D eigenvalue weighted by atomic mass is 19.4. The molecule has 216 valence electrons. The van der Waals surface area contributed by atoms with E-state index >= 15 is 8.78 Å². The Bertz CT molecular complexity index is 1310. The molecule has 2 fully saturated rings. The Morgan fingerprint density at radius 3 is 1.35 bits per heavy atom. The molecule has 2 saturated heterocycles. The molecule has 1 N–H and O–H groups in total. The maximum atomic E-state index is 16.1. The third-order valence-electron chi connectivity index (χ3n) is 8.26. The summed E-state index contributed by atoms with van der Waals surface area (Å²) >= 11 is 0. The molecule has 13 heteroatoms. The predicted molar refractivity (Wildman–Crippen MR) is 139 cm³/mol. The lowest BCUT2D eigenvalue weighted by atomic mass is 9.75. The van der Waals surface area contributed by atoms with Gasteiger partial charge in [-0.3, -0.25) is 0 Å². The Morgan fingerprint density at radius 2 is 0.975 bits per heavy atom. The molecule has 2 aliphatic rings. The maximum Gasteiger partial charge on any atom is 0.494 e. The van der Waals surface area contributed by atoms with Crippen LogP contribution in [0, 0.1) is 0 Å². The highest BCUT2D eigenvalue weighted by Gasteiger charge is 2.54. The monoisotopic (exact) mass is 568 g/mol. The average Bonchev–Trinajstić information content (AvgIpc) is 3.17. The third kappa shape index (κ3) is 5.29. The molecule has 0 spiro atoms. The lowest BCUT2D eigenvalue weighted by Gasteiger charge is -2.32. The van der Waals surface area contributed by atoms with Crippen molar-refractivity contribution in [3.8, 4) is 0 Å². The summed E-state index contributed by atoms with van der Waals surface area (Å²) in [7, 11) is -2.52. The second-order valence-electron chi connectivity index (χ2n) is 12.2. The Hall–Kier alpha value is -2.47. The van der Waals surface area contributed by atoms with Gasteiger partial charge in [0.25, 0.3) is 5.92 Å². The number of carbonyl (C=O) groups is 1. The van der Waals surface area contributed by atoms with Crippen molar-refractivity contribution < 1.29 is 50.5 Å². The molecule has 0 radical (unpaired) electrons. The molecular formula is C27H31B2F5O6. The van der Waals surface area contributed by atoms with E-state index in [-0.39, 0.29) is 10.9 Å². The topological polar surface area (TPSA) is 74.2 Å². The van der Waals surface area contributed by atoms with Gasteiger partial charge in [-0.25, -0.2) is 4.79 Å². The molecular weight excluding hydrogens is 537 g/mol. The van der Waals surface area contributed by atoms with Crippen LogP contribution in [0.5, 0.6) is 0 Å². The van der Waals surface area contributed by atoms with Crippen LogP contribution < -0.4 is 10.9 Å². The number of rotatable bonds is 5. The molecule has 2 heterocycles. The van der Waals surface area contributed by atoms with E-state index < -0.39 is 77.0 Å². The van der Waals surface area contributed by atoms with Crippen LogP contribution in [0.1, 0.15) is 82.4 Å². The molecule has 0 unspecified atom stereocenters. The zero-order valence-corrected chi connectivity index (χ0v) is 23.5. The van der Waals surface area contributed by atoms with E-state index in [2.05, 4.69) is 0 Å². The molecule has 6 nitrogen and oxygen atoms in total. The van der Waals surface area contributed by atoms with E-state index in [4.69, 9.17) is 18.6 Å². The quantitative estimate of drug-likeness (QED) is 0.398. The van der Waals surface area contributed by atoms with Gasteiger partial charge in [0.1, 0.15) is 0 Å². The van der Waals surface area contributed by atoms with Crippen LogP contribution >= 0.6 is 0 Å². The van der Waals surface area contributed by atoms with E-state index in [9.17, 15) is 23.1 Å². The Morgan fingerprint density at radius 1 is 0.625 bits per heavy atom. The number of hydrogen-bond donors (Lipinski definition) is 1. The minimum atomic E-state index is -4.96. The fourth-order valence-electron chi connectivity index (χ4n) is 4.35. The molecule has 2 aliphatic heterocycles. The maximum absolute atomic E-state index is 16.1. The Balaban J connectivity index is 1.84. The van der Waals surface area contributed by atoms with E-state index in [1.807, 2.05) is 0 Å². The standard InChI is InChI=1S/C27H31B2F5O6/c1-22(2)23(3,4)38-28(37-22)19-10-15(21(35)36)9-16(12-19)26(30,31)17-11-18(27(32,33)34)14-20(13-17)29-39-24(5,6)25(7,8)40-29/h9-14H,1-8H3,(H,35,36). The molecule has 0 bridgehead atoms. The van der Waals surface area contributed by atoms with Crippen LogP contribution in [0.25, 0.3) is 0 Å². The molecule has 0 aliphatic carbocycles. The molecule has 2 aromatic carbocycles. The normalized spacial score (nSPS) is 21.6. The second kappa shape index (κ2) is 9.27. The van der Waals surface area contributed by atoms with Gasteiger partial charge in [0.05, 0.1) is 33.5 Å². The molecule has 0 aromatic heterocycles. The first-order valence-corrected chi connectivity index (χ1v) is 12.7. The van der Waals surface area contributed by atoms with E-state index in [1.165, 1.54) is 0 Å². The number of carboxylic acid groups (broad SMARTS) is 1. The summed E-state index contributed by atoms with van der Waals surface area (Å²) in [5.41, 5.74) is -7.48. The number of carboxylic acids is 1. The van der Waals surface area contributed by atoms with Crippen molar-refractivity contribution in [2.45, 2.75) is 89.9 Å². The first kappa shape index (κ1) is 30.5. The average molecular weight is 568 g/mol. The van der Waals surface area contributed by atoms with Crippen molar-refractivity contribution in [2.24, 2.45) is 0 Å². The Labute approximate surface area is 230 Å². The van der Waals surface area contributed by atoms with E-state index in [1.54, 1.807) is 55.4 Å². The minimum absolute atomic E-state index is 0.00798. The van der Waals surface area contributed by atoms with Gasteiger partial charge in [0.15, 0.2) is 0 Å². The lowest BCUT2D eigenvalue weighted by molar-refractivity contribution is -0.137. The van der Waals surface area contributed by atoms with Gasteiger partial charge < -0.3 is 23.7 Å². The van der Waals surface area contributed by atoms with Gasteiger partial charge in [-0.15, -0.1) is 0 Å². The molecule has 0 atom stereocenters. The highest BCUT2D eigenvalue weighted by molar-refractivity contribution is 6.62. The number of benzene rings is 2.